The number of anilines is 1. The number of rotatable bonds is 6. The second kappa shape index (κ2) is 12.3. The fourth-order valence-corrected chi connectivity index (χ4v) is 5.60. The summed E-state index contributed by atoms with van der Waals surface area (Å²) < 4.78 is 40.6. The number of halogens is 4. The second-order valence-corrected chi connectivity index (χ2v) is 12.1. The highest BCUT2D eigenvalue weighted by Crippen LogP contribution is 2.45. The number of amides is 1. The molecule has 6 nitrogen and oxygen atoms in total. The first-order chi connectivity index (χ1) is 18.4. The first kappa shape index (κ1) is 29.4. The predicted octanol–water partition coefficient (Wildman–Crippen LogP) is 7.58. The molecule has 2 aromatic carbocycles. The molecular formula is C28H29Cl2F2N3O3S. The highest BCUT2D eigenvalue weighted by molar-refractivity contribution is 7.99. The summed E-state index contributed by atoms with van der Waals surface area (Å²) >= 11 is 14.0. The second-order valence-electron chi connectivity index (χ2n) is 10.0. The Hall–Kier alpha value is -2.59. The van der Waals surface area contributed by atoms with Crippen LogP contribution in [-0.2, 0) is 9.47 Å². The van der Waals surface area contributed by atoms with Crippen molar-refractivity contribution in [2.45, 2.75) is 42.7 Å². The Morgan fingerprint density at radius 1 is 1.15 bits per heavy atom. The van der Waals surface area contributed by atoms with Gasteiger partial charge in [-0.3, -0.25) is 4.90 Å². The van der Waals surface area contributed by atoms with Crippen molar-refractivity contribution in [1.82, 2.24) is 9.88 Å². The monoisotopic (exact) mass is 595 g/mol. The standard InChI is InChI=1S/C28H29Cl2F2N3O3S/c1-28(2,3)38-27(36)34(4)25-16-35(11-12-37-25)24-14-20(22(30)15-33-24)26(21-13-18(31)7-10-23(21)32)39-19-8-5-17(29)6-9-19/h5-10,13-15,25-26H,11-12,16H2,1-4H3. The lowest BCUT2D eigenvalue weighted by atomic mass is 10.0. The van der Waals surface area contributed by atoms with Gasteiger partial charge < -0.3 is 14.4 Å². The normalized spacial score (nSPS) is 16.6. The molecular weight excluding hydrogens is 567 g/mol. The molecule has 2 atom stereocenters. The number of likely N-dealkylation sites (N-methyl/N-ethyl adjacent to an activating group) is 1. The van der Waals surface area contributed by atoms with Gasteiger partial charge in [0, 0.05) is 35.3 Å². The van der Waals surface area contributed by atoms with Crippen molar-refractivity contribution >= 4 is 46.9 Å². The van der Waals surface area contributed by atoms with Crippen molar-refractivity contribution in [3.8, 4) is 0 Å². The molecule has 4 rings (SSSR count). The molecule has 0 saturated carbocycles. The van der Waals surface area contributed by atoms with Gasteiger partial charge in [-0.2, -0.15) is 0 Å². The number of ether oxygens (including phenoxy) is 2. The average Bonchev–Trinajstić information content (AvgIpc) is 2.89. The van der Waals surface area contributed by atoms with Gasteiger partial charge in [0.1, 0.15) is 23.1 Å². The topological polar surface area (TPSA) is 54.9 Å². The fourth-order valence-electron chi connectivity index (χ4n) is 4.00. The molecule has 1 aromatic heterocycles. The highest BCUT2D eigenvalue weighted by Gasteiger charge is 2.31. The summed E-state index contributed by atoms with van der Waals surface area (Å²) in [4.78, 5) is 21.3. The maximum atomic E-state index is 15.1. The molecule has 11 heteroatoms. The highest BCUT2D eigenvalue weighted by atomic mass is 35.5. The third kappa shape index (κ3) is 7.54. The molecule has 2 heterocycles. The third-order valence-electron chi connectivity index (χ3n) is 5.95. The van der Waals surface area contributed by atoms with Gasteiger partial charge in [-0.1, -0.05) is 23.2 Å². The van der Waals surface area contributed by atoms with E-state index in [1.807, 2.05) is 17.0 Å². The Kier molecular flexibility index (Phi) is 9.26. The molecule has 208 valence electrons. The van der Waals surface area contributed by atoms with E-state index in [0.29, 0.717) is 41.1 Å². The van der Waals surface area contributed by atoms with Crippen LogP contribution in [0.3, 0.4) is 0 Å². The van der Waals surface area contributed by atoms with Crippen molar-refractivity contribution < 1.29 is 23.0 Å². The van der Waals surface area contributed by atoms with Gasteiger partial charge in [0.25, 0.3) is 0 Å². The van der Waals surface area contributed by atoms with Crippen LogP contribution in [0.4, 0.5) is 19.4 Å². The number of pyridine rings is 1. The van der Waals surface area contributed by atoms with E-state index in [-0.39, 0.29) is 5.56 Å². The minimum Gasteiger partial charge on any atom is -0.444 e. The zero-order chi connectivity index (χ0) is 28.3. The summed E-state index contributed by atoms with van der Waals surface area (Å²) in [6, 6.07) is 12.2. The molecule has 0 N–H and O–H groups in total. The molecule has 1 aliphatic heterocycles. The molecule has 3 aromatic rings. The third-order valence-corrected chi connectivity index (χ3v) is 7.80. The largest absolute Gasteiger partial charge is 0.444 e. The Bertz CT molecular complexity index is 1320. The van der Waals surface area contributed by atoms with E-state index >= 15 is 4.39 Å². The molecule has 1 aliphatic rings. The van der Waals surface area contributed by atoms with Gasteiger partial charge in [0.2, 0.25) is 0 Å². The molecule has 1 saturated heterocycles. The van der Waals surface area contributed by atoms with Gasteiger partial charge in [0.05, 0.1) is 23.4 Å². The van der Waals surface area contributed by atoms with Crippen molar-refractivity contribution in [3.63, 3.8) is 0 Å². The maximum absolute atomic E-state index is 15.1. The first-order valence-corrected chi connectivity index (χ1v) is 13.9. The number of morpholine rings is 1. The molecule has 0 spiro atoms. The van der Waals surface area contributed by atoms with Crippen LogP contribution in [0.15, 0.2) is 59.6 Å². The van der Waals surface area contributed by atoms with Crippen LogP contribution in [-0.4, -0.2) is 54.6 Å². The Morgan fingerprint density at radius 2 is 1.87 bits per heavy atom. The fraction of sp³-hybridized carbons (Fsp3) is 0.357. The number of aromatic nitrogens is 1. The lowest BCUT2D eigenvalue weighted by Gasteiger charge is -2.38. The number of nitrogens with zero attached hydrogens (tertiary/aromatic N) is 3. The lowest BCUT2D eigenvalue weighted by Crippen LogP contribution is -2.52. The number of carbonyl (C=O) groups is 1. The van der Waals surface area contributed by atoms with Crippen LogP contribution in [0.1, 0.15) is 37.1 Å². The number of thioether (sulfide) groups is 1. The first-order valence-electron chi connectivity index (χ1n) is 12.3. The molecule has 39 heavy (non-hydrogen) atoms. The average molecular weight is 597 g/mol. The molecule has 0 radical (unpaired) electrons. The molecule has 1 amide bonds. The van der Waals surface area contributed by atoms with E-state index in [1.165, 1.54) is 28.9 Å². The Morgan fingerprint density at radius 3 is 2.56 bits per heavy atom. The lowest BCUT2D eigenvalue weighted by molar-refractivity contribution is -0.0634. The number of hydrogen-bond acceptors (Lipinski definition) is 6. The van der Waals surface area contributed by atoms with Gasteiger partial charge in [-0.05, 0) is 74.9 Å². The summed E-state index contributed by atoms with van der Waals surface area (Å²) in [5.74, 6) is -0.541. The SMILES string of the molecule is CN(C(=O)OC(C)(C)C)C1CN(c2cc(C(Sc3ccc(Cl)cc3)c3cc(F)ccc3F)c(Cl)cn2)CCO1. The van der Waals surface area contributed by atoms with E-state index in [2.05, 4.69) is 4.98 Å². The zero-order valence-electron chi connectivity index (χ0n) is 22.0. The minimum absolute atomic E-state index is 0.151. The van der Waals surface area contributed by atoms with E-state index < -0.39 is 34.8 Å². The van der Waals surface area contributed by atoms with Crippen molar-refractivity contribution in [1.29, 1.82) is 0 Å². The molecule has 2 unspecified atom stereocenters. The number of carbonyl (C=O) groups excluding carboxylic acids is 1. The van der Waals surface area contributed by atoms with Gasteiger partial charge >= 0.3 is 6.09 Å². The van der Waals surface area contributed by atoms with Crippen molar-refractivity contribution in [2.75, 3.05) is 31.6 Å². The number of benzene rings is 2. The minimum atomic E-state index is -0.683. The Balaban J connectivity index is 1.66. The van der Waals surface area contributed by atoms with Crippen LogP contribution in [0, 0.1) is 11.6 Å². The zero-order valence-corrected chi connectivity index (χ0v) is 24.3. The van der Waals surface area contributed by atoms with E-state index in [1.54, 1.807) is 46.0 Å². The van der Waals surface area contributed by atoms with Gasteiger partial charge in [0.15, 0.2) is 6.23 Å². The molecule has 0 aliphatic carbocycles. The van der Waals surface area contributed by atoms with E-state index in [0.717, 1.165) is 17.0 Å². The summed E-state index contributed by atoms with van der Waals surface area (Å²) in [7, 11) is 1.62. The Labute approximate surface area is 241 Å². The van der Waals surface area contributed by atoms with E-state index in [9.17, 15) is 9.18 Å². The summed E-state index contributed by atoms with van der Waals surface area (Å²) in [5.41, 5.74) is 0.0723. The predicted molar refractivity (Wildman–Crippen MR) is 151 cm³/mol. The van der Waals surface area contributed by atoms with E-state index in [4.69, 9.17) is 32.7 Å². The molecule has 0 bridgehead atoms. The van der Waals surface area contributed by atoms with Crippen LogP contribution < -0.4 is 4.90 Å². The molecule has 1 fully saturated rings. The summed E-state index contributed by atoms with van der Waals surface area (Å²) in [5, 5.41) is 0.192. The smallest absolute Gasteiger partial charge is 0.412 e. The maximum Gasteiger partial charge on any atom is 0.412 e. The summed E-state index contributed by atoms with van der Waals surface area (Å²) in [6.45, 7) is 6.58. The quantitative estimate of drug-likeness (QED) is 0.274. The van der Waals surface area contributed by atoms with Gasteiger partial charge in [-0.25, -0.2) is 18.6 Å². The van der Waals surface area contributed by atoms with Crippen molar-refractivity contribution in [2.24, 2.45) is 0 Å². The number of hydrogen-bond donors (Lipinski definition) is 0. The van der Waals surface area contributed by atoms with Crippen LogP contribution >= 0.6 is 35.0 Å². The van der Waals surface area contributed by atoms with Crippen molar-refractivity contribution in [3.05, 3.63) is 87.5 Å². The van der Waals surface area contributed by atoms with Crippen LogP contribution in [0.2, 0.25) is 10.0 Å². The van der Waals surface area contributed by atoms with Crippen LogP contribution in [0.25, 0.3) is 0 Å². The van der Waals surface area contributed by atoms with Gasteiger partial charge in [-0.15, -0.1) is 11.8 Å². The summed E-state index contributed by atoms with van der Waals surface area (Å²) in [6.07, 6.45) is 0.426. The van der Waals surface area contributed by atoms with Crippen LogP contribution in [0.5, 0.6) is 0 Å².